The van der Waals surface area contributed by atoms with Gasteiger partial charge in [-0.05, 0) is 29.8 Å². The van der Waals surface area contributed by atoms with Gasteiger partial charge in [0.1, 0.15) is 59.4 Å². The van der Waals surface area contributed by atoms with Crippen LogP contribution in [0.25, 0.3) is 11.0 Å². The molecular weight excluding hydrogens is 464 g/mol. The lowest BCUT2D eigenvalue weighted by Crippen LogP contribution is -2.33. The zero-order chi connectivity index (χ0) is 25.2. The number of nitrogen functional groups attached to an aromatic ring is 1. The molecule has 1 aliphatic heterocycles. The molecule has 1 fully saturated rings. The molecule has 2 aromatic heterocycles. The molecule has 2 aromatic carbocycles. The van der Waals surface area contributed by atoms with Crippen LogP contribution in [0.2, 0.25) is 0 Å². The molecule has 0 amide bonds. The lowest BCUT2D eigenvalue weighted by atomic mass is 10.1. The summed E-state index contributed by atoms with van der Waals surface area (Å²) in [6.07, 6.45) is -3.59. The van der Waals surface area contributed by atoms with Gasteiger partial charge in [0, 0.05) is 6.54 Å². The third-order valence-corrected chi connectivity index (χ3v) is 6.06. The Labute approximate surface area is 206 Å². The number of benzene rings is 2. The Kier molecular flexibility index (Phi) is 6.41. The van der Waals surface area contributed by atoms with Crippen molar-refractivity contribution in [1.82, 2.24) is 14.5 Å². The van der Waals surface area contributed by atoms with Crippen LogP contribution in [0, 0.1) is 11.3 Å². The fraction of sp³-hybridized carbons (Fsp3) is 0.240. The molecule has 0 aliphatic carbocycles. The first-order valence-corrected chi connectivity index (χ1v) is 11.2. The van der Waals surface area contributed by atoms with E-state index in [2.05, 4.69) is 21.4 Å². The van der Waals surface area contributed by atoms with Crippen molar-refractivity contribution in [2.45, 2.75) is 31.1 Å². The average Bonchev–Trinajstić information content (AvgIpc) is 3.37. The fourth-order valence-corrected chi connectivity index (χ4v) is 4.27. The molecule has 4 atom stereocenters. The number of hydrogen-bond donors (Lipinski definition) is 5. The van der Waals surface area contributed by atoms with E-state index in [1.807, 2.05) is 54.6 Å². The molecule has 1 saturated heterocycles. The number of rotatable bonds is 7. The Morgan fingerprint density at radius 1 is 1.06 bits per heavy atom. The van der Waals surface area contributed by atoms with E-state index in [4.69, 9.17) is 15.2 Å². The summed E-state index contributed by atoms with van der Waals surface area (Å²) in [5.74, 6) is 1.78. The minimum atomic E-state index is -1.38. The van der Waals surface area contributed by atoms with Crippen LogP contribution in [0.15, 0.2) is 60.9 Å². The van der Waals surface area contributed by atoms with Crippen molar-refractivity contribution >= 4 is 22.7 Å². The second-order valence-electron chi connectivity index (χ2n) is 8.30. The van der Waals surface area contributed by atoms with E-state index in [1.54, 1.807) is 0 Å². The highest BCUT2D eigenvalue weighted by Crippen LogP contribution is 2.39. The maximum atomic E-state index is 10.7. The summed E-state index contributed by atoms with van der Waals surface area (Å²) >= 11 is 0. The van der Waals surface area contributed by atoms with Crippen LogP contribution < -0.4 is 15.8 Å². The van der Waals surface area contributed by atoms with Gasteiger partial charge in [-0.3, -0.25) is 4.57 Å². The molecule has 0 spiro atoms. The second kappa shape index (κ2) is 9.80. The summed E-state index contributed by atoms with van der Waals surface area (Å²) in [4.78, 5) is 8.25. The zero-order valence-electron chi connectivity index (χ0n) is 19.0. The summed E-state index contributed by atoms with van der Waals surface area (Å²) in [7, 11) is 0. The Hall–Kier alpha value is -4.21. The number of aliphatic hydroxyl groups excluding tert-OH is 3. The van der Waals surface area contributed by atoms with Crippen molar-refractivity contribution in [3.05, 3.63) is 72.1 Å². The van der Waals surface area contributed by atoms with E-state index in [9.17, 15) is 20.6 Å². The van der Waals surface area contributed by atoms with E-state index in [0.717, 1.165) is 11.3 Å². The van der Waals surface area contributed by atoms with Crippen molar-refractivity contribution in [3.63, 3.8) is 0 Å². The van der Waals surface area contributed by atoms with Gasteiger partial charge in [-0.25, -0.2) is 9.97 Å². The predicted octanol–water partition coefficient (Wildman–Crippen LogP) is 1.90. The van der Waals surface area contributed by atoms with Gasteiger partial charge in [0.05, 0.1) is 12.0 Å². The van der Waals surface area contributed by atoms with Gasteiger partial charge in [-0.15, -0.1) is 0 Å². The molecule has 6 N–H and O–H groups in total. The molecular formula is C25H24N6O5. The molecule has 1 aliphatic rings. The summed E-state index contributed by atoms with van der Waals surface area (Å²) in [5.41, 5.74) is 7.38. The summed E-state index contributed by atoms with van der Waals surface area (Å²) < 4.78 is 13.0. The lowest BCUT2D eigenvalue weighted by molar-refractivity contribution is -0.0499. The Morgan fingerprint density at radius 2 is 1.78 bits per heavy atom. The molecule has 3 heterocycles. The summed E-state index contributed by atoms with van der Waals surface area (Å²) in [6, 6.07) is 19.0. The van der Waals surface area contributed by atoms with Crippen LogP contribution in [0.4, 0.5) is 11.6 Å². The Morgan fingerprint density at radius 3 is 2.44 bits per heavy atom. The zero-order valence-corrected chi connectivity index (χ0v) is 19.0. The average molecular weight is 489 g/mol. The number of aromatic nitrogens is 3. The van der Waals surface area contributed by atoms with Gasteiger partial charge >= 0.3 is 0 Å². The number of fused-ring (bicyclic) bond motifs is 1. The summed E-state index contributed by atoms with van der Waals surface area (Å²) in [6.45, 7) is -0.185. The van der Waals surface area contributed by atoms with Gasteiger partial charge in [-0.1, -0.05) is 30.3 Å². The van der Waals surface area contributed by atoms with Gasteiger partial charge in [0.2, 0.25) is 0 Å². The third kappa shape index (κ3) is 4.19. The molecule has 0 unspecified atom stereocenters. The highest BCUT2D eigenvalue weighted by molar-refractivity contribution is 5.97. The molecule has 11 heteroatoms. The number of nitrogens with zero attached hydrogens (tertiary/aromatic N) is 4. The van der Waals surface area contributed by atoms with E-state index >= 15 is 0 Å². The maximum absolute atomic E-state index is 10.7. The van der Waals surface area contributed by atoms with Crippen LogP contribution in [0.1, 0.15) is 17.4 Å². The number of nitrogens with two attached hydrogens (primary N) is 1. The first-order chi connectivity index (χ1) is 17.5. The van der Waals surface area contributed by atoms with Crippen LogP contribution in [0.3, 0.4) is 0 Å². The number of nitrogens with one attached hydrogen (secondary N) is 1. The van der Waals surface area contributed by atoms with Gasteiger partial charge < -0.3 is 35.8 Å². The number of aliphatic hydroxyl groups is 3. The van der Waals surface area contributed by atoms with Gasteiger partial charge in [-0.2, -0.15) is 5.26 Å². The number of nitriles is 1. The molecule has 184 valence electrons. The lowest BCUT2D eigenvalue weighted by Gasteiger charge is -2.21. The number of anilines is 2. The monoisotopic (exact) mass is 488 g/mol. The number of ether oxygens (including phenoxy) is 2. The first kappa shape index (κ1) is 23.5. The Balaban J connectivity index is 1.46. The van der Waals surface area contributed by atoms with E-state index in [1.165, 1.54) is 10.9 Å². The molecule has 5 rings (SSSR count). The summed E-state index contributed by atoms with van der Waals surface area (Å²) in [5, 5.41) is 44.0. The number of hydrogen-bond acceptors (Lipinski definition) is 10. The maximum Gasteiger partial charge on any atom is 0.166 e. The minimum absolute atomic E-state index is 0.0903. The van der Waals surface area contributed by atoms with E-state index < -0.39 is 31.1 Å². The molecule has 0 saturated carbocycles. The van der Waals surface area contributed by atoms with E-state index in [-0.39, 0.29) is 17.0 Å². The predicted molar refractivity (Wildman–Crippen MR) is 130 cm³/mol. The molecule has 0 radical (unpaired) electrons. The number of para-hydroxylation sites is 1. The van der Waals surface area contributed by atoms with Crippen LogP contribution in [-0.4, -0.2) is 54.8 Å². The van der Waals surface area contributed by atoms with Crippen molar-refractivity contribution in [2.24, 2.45) is 0 Å². The van der Waals surface area contributed by atoms with Crippen molar-refractivity contribution in [3.8, 4) is 17.6 Å². The molecule has 4 aromatic rings. The van der Waals surface area contributed by atoms with Crippen molar-refractivity contribution < 1.29 is 24.8 Å². The van der Waals surface area contributed by atoms with Gasteiger partial charge in [0.25, 0.3) is 0 Å². The quantitative estimate of drug-likeness (QED) is 0.259. The van der Waals surface area contributed by atoms with Crippen LogP contribution >= 0.6 is 0 Å². The van der Waals surface area contributed by atoms with Crippen molar-refractivity contribution in [2.75, 3.05) is 17.7 Å². The van der Waals surface area contributed by atoms with Crippen molar-refractivity contribution in [1.29, 1.82) is 5.26 Å². The minimum Gasteiger partial charge on any atom is -0.457 e. The van der Waals surface area contributed by atoms with Gasteiger partial charge in [0.15, 0.2) is 11.9 Å². The molecule has 11 nitrogen and oxygen atoms in total. The Bertz CT molecular complexity index is 1400. The third-order valence-electron chi connectivity index (χ3n) is 6.06. The second-order valence-corrected chi connectivity index (χ2v) is 8.30. The fourth-order valence-electron chi connectivity index (χ4n) is 4.27. The molecule has 0 bridgehead atoms. The smallest absolute Gasteiger partial charge is 0.166 e. The highest BCUT2D eigenvalue weighted by Gasteiger charge is 2.45. The SMILES string of the molecule is N#Cc1c(NCc2ccc(Oc3ccccc3)cc2)n([C@@H]2O[C@H](CO)[C@@H](O)[C@H]2O)c2ncnc(N)c12. The first-order valence-electron chi connectivity index (χ1n) is 11.2. The topological polar surface area (TPSA) is 172 Å². The molecule has 36 heavy (non-hydrogen) atoms. The largest absolute Gasteiger partial charge is 0.457 e. The standard InChI is InChI=1S/C25H24N6O5/c26-10-17-19-22(27)29-13-30-24(19)31(25-21(34)20(33)18(12-32)36-25)23(17)28-11-14-6-8-16(9-7-14)35-15-4-2-1-3-5-15/h1-9,13,18,20-21,25,28,32-34H,11-12H2,(H2,27,29,30)/t18-,20-,21-,25-/m1/s1. The van der Waals surface area contributed by atoms with E-state index in [0.29, 0.717) is 23.5 Å². The highest BCUT2D eigenvalue weighted by atomic mass is 16.6. The van der Waals surface area contributed by atoms with Crippen LogP contribution in [0.5, 0.6) is 11.5 Å². The normalized spacial score (nSPS) is 21.4. The van der Waals surface area contributed by atoms with Crippen LogP contribution in [-0.2, 0) is 11.3 Å².